The number of nitrogens with zero attached hydrogens (tertiary/aromatic N) is 2. The van der Waals surface area contributed by atoms with Crippen molar-refractivity contribution >= 4 is 5.91 Å². The number of hydrogen-bond acceptors (Lipinski definition) is 1. The molecule has 1 aliphatic rings. The summed E-state index contributed by atoms with van der Waals surface area (Å²) in [7, 11) is 0. The lowest BCUT2D eigenvalue weighted by molar-refractivity contribution is -0.702. The van der Waals surface area contributed by atoms with Crippen molar-refractivity contribution in [2.24, 2.45) is 11.7 Å². The largest absolute Gasteiger partial charge is 1.00 e. The Labute approximate surface area is 202 Å². The van der Waals surface area contributed by atoms with Gasteiger partial charge in [-0.3, -0.25) is 4.79 Å². The fourth-order valence-electron chi connectivity index (χ4n) is 5.60. The van der Waals surface area contributed by atoms with Crippen LogP contribution in [-0.4, -0.2) is 10.5 Å². The lowest BCUT2D eigenvalue weighted by Gasteiger charge is -2.37. The zero-order valence-electron chi connectivity index (χ0n) is 19.1. The first-order chi connectivity index (χ1) is 15.1. The maximum atomic E-state index is 13.3. The molecule has 0 bridgehead atoms. The fourth-order valence-corrected chi connectivity index (χ4v) is 5.60. The maximum Gasteiger partial charge on any atom is 0.253 e. The van der Waals surface area contributed by atoms with Crippen LogP contribution in [0.1, 0.15) is 62.0 Å². The topological polar surface area (TPSA) is 51.9 Å². The van der Waals surface area contributed by atoms with Crippen LogP contribution in [0.3, 0.4) is 0 Å². The summed E-state index contributed by atoms with van der Waals surface area (Å²) in [6.45, 7) is 5.49. The van der Waals surface area contributed by atoms with E-state index in [0.29, 0.717) is 6.04 Å². The van der Waals surface area contributed by atoms with Gasteiger partial charge in [0.05, 0.1) is 6.54 Å². The van der Waals surface area contributed by atoms with Gasteiger partial charge in [-0.25, -0.2) is 9.13 Å². The summed E-state index contributed by atoms with van der Waals surface area (Å²) < 4.78 is 4.77. The average Bonchev–Trinajstić information content (AvgIpc) is 3.41. The molecule has 1 aromatic heterocycles. The molecule has 0 radical (unpaired) electrons. The summed E-state index contributed by atoms with van der Waals surface area (Å²) in [4.78, 5) is 13.3. The first-order valence-electron chi connectivity index (χ1n) is 11.6. The molecule has 5 heteroatoms. The van der Waals surface area contributed by atoms with Crippen molar-refractivity contribution in [2.75, 3.05) is 0 Å². The second-order valence-corrected chi connectivity index (χ2v) is 8.87. The number of carbonyl (C=O) groups is 1. The molecule has 1 fully saturated rings. The number of unbranched alkanes of at least 4 members (excludes halogenated alkanes) is 1. The molecule has 0 aliphatic heterocycles. The van der Waals surface area contributed by atoms with E-state index in [-0.39, 0.29) is 28.8 Å². The van der Waals surface area contributed by atoms with E-state index in [1.54, 1.807) is 0 Å². The third-order valence-corrected chi connectivity index (χ3v) is 7.21. The number of hydrogen-bond donors (Lipinski definition) is 1. The molecule has 32 heavy (non-hydrogen) atoms. The van der Waals surface area contributed by atoms with Gasteiger partial charge in [-0.05, 0) is 42.7 Å². The Balaban J connectivity index is 0.00000289. The van der Waals surface area contributed by atoms with Gasteiger partial charge in [-0.2, -0.15) is 0 Å². The predicted molar refractivity (Wildman–Crippen MR) is 124 cm³/mol. The minimum atomic E-state index is -0.809. The first kappa shape index (κ1) is 24.2. The summed E-state index contributed by atoms with van der Waals surface area (Å²) in [5, 5.41) is 0. The van der Waals surface area contributed by atoms with Gasteiger partial charge in [0.15, 0.2) is 0 Å². The Bertz CT molecular complexity index is 976. The second-order valence-electron chi connectivity index (χ2n) is 8.87. The average molecular weight is 496 g/mol. The molecule has 2 aromatic carbocycles. The SMILES string of the molecule is CCCC[n+]1ccn([C@@H]2CC[C@H](C(C(N)=O)(c3ccccc3)c3ccccc3)C2)c1C.[Br-]. The molecule has 4 nitrogen and oxygen atoms in total. The monoisotopic (exact) mass is 495 g/mol. The number of primary amides is 1. The molecule has 0 unspecified atom stereocenters. The zero-order valence-corrected chi connectivity index (χ0v) is 20.7. The van der Waals surface area contributed by atoms with E-state index >= 15 is 0 Å². The van der Waals surface area contributed by atoms with E-state index in [1.807, 2.05) is 36.4 Å². The highest BCUT2D eigenvalue weighted by molar-refractivity contribution is 5.91. The van der Waals surface area contributed by atoms with Crippen LogP contribution in [0.4, 0.5) is 0 Å². The molecule has 2 atom stereocenters. The van der Waals surface area contributed by atoms with E-state index < -0.39 is 5.41 Å². The third-order valence-electron chi connectivity index (χ3n) is 7.21. The van der Waals surface area contributed by atoms with Crippen LogP contribution in [0.25, 0.3) is 0 Å². The van der Waals surface area contributed by atoms with E-state index in [9.17, 15) is 4.79 Å². The van der Waals surface area contributed by atoms with Crippen LogP contribution in [0.5, 0.6) is 0 Å². The summed E-state index contributed by atoms with van der Waals surface area (Å²) in [5.41, 5.74) is 7.43. The summed E-state index contributed by atoms with van der Waals surface area (Å²) >= 11 is 0. The Morgan fingerprint density at radius 3 is 2.19 bits per heavy atom. The Morgan fingerprint density at radius 1 is 1.06 bits per heavy atom. The number of carbonyl (C=O) groups excluding carboxylic acids is 1. The molecule has 170 valence electrons. The van der Waals surface area contributed by atoms with Crippen molar-refractivity contribution in [1.29, 1.82) is 0 Å². The standard InChI is InChI=1S/C27H33N3O.BrH/c1-3-4-17-29-18-19-30(21(29)2)25-16-15-24(20-25)27(26(28)31,22-11-7-5-8-12-22)23-13-9-6-10-14-23;/h5-14,18-19,24-25H,3-4,15-17,20H2,1-2H3,(H-,28,31);1H/t24-,25+;/m0./s1. The van der Waals surface area contributed by atoms with Crippen LogP contribution in [0.2, 0.25) is 0 Å². The maximum absolute atomic E-state index is 13.3. The highest BCUT2D eigenvalue weighted by Gasteiger charge is 2.51. The number of aromatic nitrogens is 2. The van der Waals surface area contributed by atoms with Gasteiger partial charge in [0, 0.05) is 6.92 Å². The van der Waals surface area contributed by atoms with Gasteiger partial charge in [-0.1, -0.05) is 74.0 Å². The molecule has 2 N–H and O–H groups in total. The molecular weight excluding hydrogens is 462 g/mol. The molecule has 0 saturated heterocycles. The van der Waals surface area contributed by atoms with E-state index in [4.69, 9.17) is 5.73 Å². The Hall–Kier alpha value is -2.40. The van der Waals surface area contributed by atoms with Crippen molar-refractivity contribution in [3.8, 4) is 0 Å². The lowest BCUT2D eigenvalue weighted by atomic mass is 9.64. The zero-order chi connectivity index (χ0) is 21.8. The highest BCUT2D eigenvalue weighted by atomic mass is 79.9. The number of imidazole rings is 1. The second kappa shape index (κ2) is 10.5. The lowest BCUT2D eigenvalue weighted by Crippen LogP contribution is -3.00. The minimum Gasteiger partial charge on any atom is -1.00 e. The predicted octanol–water partition coefficient (Wildman–Crippen LogP) is 1.70. The van der Waals surface area contributed by atoms with Crippen molar-refractivity contribution < 1.29 is 26.3 Å². The van der Waals surface area contributed by atoms with Crippen LogP contribution in [-0.2, 0) is 16.8 Å². The van der Waals surface area contributed by atoms with E-state index in [2.05, 4.69) is 59.6 Å². The number of nitrogens with two attached hydrogens (primary N) is 1. The van der Waals surface area contributed by atoms with Gasteiger partial charge in [-0.15, -0.1) is 0 Å². The molecule has 0 spiro atoms. The van der Waals surface area contributed by atoms with Gasteiger partial charge in [0.1, 0.15) is 23.9 Å². The van der Waals surface area contributed by atoms with Crippen LogP contribution in [0.15, 0.2) is 73.1 Å². The highest BCUT2D eigenvalue weighted by Crippen LogP contribution is 2.49. The summed E-state index contributed by atoms with van der Waals surface area (Å²) in [5.74, 6) is 1.20. The third kappa shape index (κ3) is 4.27. The van der Waals surface area contributed by atoms with Gasteiger partial charge < -0.3 is 22.7 Å². The smallest absolute Gasteiger partial charge is 0.253 e. The summed E-state index contributed by atoms with van der Waals surface area (Å²) in [6.07, 6.45) is 9.78. The number of aryl methyl sites for hydroxylation is 1. The van der Waals surface area contributed by atoms with Gasteiger partial charge >= 0.3 is 0 Å². The quantitative estimate of drug-likeness (QED) is 0.475. The minimum absolute atomic E-state index is 0. The number of rotatable bonds is 8. The van der Waals surface area contributed by atoms with Crippen molar-refractivity contribution in [3.05, 3.63) is 90.0 Å². The van der Waals surface area contributed by atoms with Crippen molar-refractivity contribution in [3.63, 3.8) is 0 Å². The number of halogens is 1. The summed E-state index contributed by atoms with van der Waals surface area (Å²) in [6, 6.07) is 20.7. The Kier molecular flexibility index (Phi) is 7.94. The first-order valence-corrected chi connectivity index (χ1v) is 11.6. The molecule has 1 saturated carbocycles. The van der Waals surface area contributed by atoms with Crippen molar-refractivity contribution in [2.45, 2.75) is 64.0 Å². The van der Waals surface area contributed by atoms with Crippen LogP contribution in [0, 0.1) is 12.8 Å². The van der Waals surface area contributed by atoms with E-state index in [0.717, 1.165) is 36.9 Å². The molecule has 1 aliphatic carbocycles. The molecule has 4 rings (SSSR count). The van der Waals surface area contributed by atoms with Gasteiger partial charge in [0.2, 0.25) is 5.91 Å². The Morgan fingerprint density at radius 2 is 1.66 bits per heavy atom. The molecule has 3 aromatic rings. The number of amides is 1. The molecule has 1 heterocycles. The van der Waals surface area contributed by atoms with Crippen LogP contribution >= 0.6 is 0 Å². The normalized spacial score (nSPS) is 18.3. The number of benzene rings is 2. The molecule has 1 amide bonds. The van der Waals surface area contributed by atoms with Crippen LogP contribution < -0.4 is 27.3 Å². The molecular formula is C27H34BrN3O. The van der Waals surface area contributed by atoms with Crippen molar-refractivity contribution in [1.82, 2.24) is 4.57 Å². The van der Waals surface area contributed by atoms with Gasteiger partial charge in [0.25, 0.3) is 5.82 Å². The van der Waals surface area contributed by atoms with E-state index in [1.165, 1.54) is 18.7 Å². The fraction of sp³-hybridized carbons (Fsp3) is 0.407.